The number of amides is 1. The number of aromatic nitrogens is 2. The summed E-state index contributed by atoms with van der Waals surface area (Å²) >= 11 is 0. The fourth-order valence-electron chi connectivity index (χ4n) is 2.88. The van der Waals surface area contributed by atoms with Crippen LogP contribution in [0.25, 0.3) is 10.9 Å². The number of fused-ring (bicyclic) bond motifs is 1. The molecule has 0 fully saturated rings. The lowest BCUT2D eigenvalue weighted by atomic mass is 10.1. The number of para-hydroxylation sites is 2. The number of hydrogen-bond acceptors (Lipinski definition) is 5. The molecule has 1 amide bonds. The van der Waals surface area contributed by atoms with Crippen LogP contribution in [-0.2, 0) is 0 Å². The second kappa shape index (κ2) is 7.56. The zero-order valence-electron chi connectivity index (χ0n) is 14.8. The summed E-state index contributed by atoms with van der Waals surface area (Å²) in [6.07, 6.45) is 4.86. The molecule has 2 N–H and O–H groups in total. The second-order valence-corrected chi connectivity index (χ2v) is 6.08. The van der Waals surface area contributed by atoms with Crippen molar-refractivity contribution in [3.05, 3.63) is 90.4 Å². The Morgan fingerprint density at radius 2 is 1.79 bits per heavy atom. The molecule has 4 rings (SSSR count). The lowest BCUT2D eigenvalue weighted by Crippen LogP contribution is -2.13. The van der Waals surface area contributed by atoms with E-state index in [-0.39, 0.29) is 5.91 Å². The predicted octanol–water partition coefficient (Wildman–Crippen LogP) is 4.50. The zero-order valence-corrected chi connectivity index (χ0v) is 14.8. The van der Waals surface area contributed by atoms with Crippen molar-refractivity contribution < 1.29 is 4.79 Å². The molecule has 0 unspecified atom stereocenters. The highest BCUT2D eigenvalue weighted by molar-refractivity contribution is 6.05. The van der Waals surface area contributed by atoms with Crippen LogP contribution in [0.1, 0.15) is 15.9 Å². The lowest BCUT2D eigenvalue weighted by molar-refractivity contribution is 0.102. The van der Waals surface area contributed by atoms with Crippen molar-refractivity contribution in [1.82, 2.24) is 9.97 Å². The smallest absolute Gasteiger partial charge is 0.257 e. The Labute approximate surface area is 161 Å². The maximum Gasteiger partial charge on any atom is 0.257 e. The first-order valence-electron chi connectivity index (χ1n) is 8.61. The monoisotopic (exact) mass is 365 g/mol. The highest BCUT2D eigenvalue weighted by Crippen LogP contribution is 2.25. The van der Waals surface area contributed by atoms with Gasteiger partial charge in [0, 0.05) is 17.8 Å². The van der Waals surface area contributed by atoms with Crippen molar-refractivity contribution in [2.75, 3.05) is 10.6 Å². The van der Waals surface area contributed by atoms with Crippen LogP contribution >= 0.6 is 0 Å². The molecule has 28 heavy (non-hydrogen) atoms. The van der Waals surface area contributed by atoms with E-state index in [4.69, 9.17) is 5.26 Å². The summed E-state index contributed by atoms with van der Waals surface area (Å²) in [5.74, 6) is -0.338. The van der Waals surface area contributed by atoms with Crippen molar-refractivity contribution in [3.63, 3.8) is 0 Å². The average Bonchev–Trinajstić information content (AvgIpc) is 2.74. The molecular formula is C22H15N5O. The van der Waals surface area contributed by atoms with Gasteiger partial charge in [-0.3, -0.25) is 14.8 Å². The van der Waals surface area contributed by atoms with Gasteiger partial charge in [-0.05, 0) is 30.3 Å². The molecule has 0 saturated heterocycles. The van der Waals surface area contributed by atoms with E-state index in [9.17, 15) is 4.79 Å². The molecule has 0 saturated carbocycles. The lowest BCUT2D eigenvalue weighted by Gasteiger charge is -2.11. The Morgan fingerprint density at radius 1 is 0.964 bits per heavy atom. The van der Waals surface area contributed by atoms with Gasteiger partial charge in [0.1, 0.15) is 6.07 Å². The van der Waals surface area contributed by atoms with Gasteiger partial charge in [0.05, 0.1) is 39.9 Å². The van der Waals surface area contributed by atoms with Crippen molar-refractivity contribution in [1.29, 1.82) is 5.26 Å². The highest BCUT2D eigenvalue weighted by atomic mass is 16.1. The van der Waals surface area contributed by atoms with Crippen LogP contribution in [0.2, 0.25) is 0 Å². The van der Waals surface area contributed by atoms with E-state index in [0.717, 1.165) is 16.6 Å². The Morgan fingerprint density at radius 3 is 2.68 bits per heavy atom. The summed E-state index contributed by atoms with van der Waals surface area (Å²) in [6, 6.07) is 20.3. The second-order valence-electron chi connectivity index (χ2n) is 6.08. The molecule has 6 heteroatoms. The van der Waals surface area contributed by atoms with E-state index in [0.29, 0.717) is 22.5 Å². The molecule has 0 aliphatic carbocycles. The van der Waals surface area contributed by atoms with Gasteiger partial charge in [-0.25, -0.2) is 0 Å². The first-order valence-corrected chi connectivity index (χ1v) is 8.61. The molecule has 6 nitrogen and oxygen atoms in total. The Hall–Kier alpha value is -4.24. The molecule has 0 atom stereocenters. The SMILES string of the molecule is N#Cc1ccccc1NC(=O)c1cncc(Nc2cccc3cccnc23)c1. The third kappa shape index (κ3) is 3.50. The molecule has 0 radical (unpaired) electrons. The van der Waals surface area contributed by atoms with Crippen molar-refractivity contribution in [2.24, 2.45) is 0 Å². The van der Waals surface area contributed by atoms with Gasteiger partial charge in [0.2, 0.25) is 0 Å². The molecule has 0 bridgehead atoms. The average molecular weight is 365 g/mol. The molecule has 0 aliphatic heterocycles. The molecule has 0 spiro atoms. The third-order valence-corrected chi connectivity index (χ3v) is 4.21. The van der Waals surface area contributed by atoms with E-state index >= 15 is 0 Å². The number of anilines is 3. The van der Waals surface area contributed by atoms with Crippen molar-refractivity contribution >= 4 is 33.9 Å². The minimum atomic E-state index is -0.338. The molecule has 0 aliphatic rings. The van der Waals surface area contributed by atoms with E-state index in [2.05, 4.69) is 26.7 Å². The van der Waals surface area contributed by atoms with Gasteiger partial charge in [-0.2, -0.15) is 5.26 Å². The van der Waals surface area contributed by atoms with Gasteiger partial charge in [0.25, 0.3) is 5.91 Å². The van der Waals surface area contributed by atoms with Crippen LogP contribution in [0, 0.1) is 11.3 Å². The molecule has 134 valence electrons. The summed E-state index contributed by atoms with van der Waals surface area (Å²) in [6.45, 7) is 0. The van der Waals surface area contributed by atoms with Crippen LogP contribution in [0.5, 0.6) is 0 Å². The zero-order chi connectivity index (χ0) is 19.3. The fraction of sp³-hybridized carbons (Fsp3) is 0. The standard InChI is InChI=1S/C22H15N5O/c23-12-16-5-1-2-8-19(16)27-22(28)17-11-18(14-24-13-17)26-20-9-3-6-15-7-4-10-25-21(15)20/h1-11,13-14,26H,(H,27,28). The van der Waals surface area contributed by atoms with Gasteiger partial charge in [0.15, 0.2) is 0 Å². The van der Waals surface area contributed by atoms with E-state index in [1.807, 2.05) is 30.3 Å². The summed E-state index contributed by atoms with van der Waals surface area (Å²) in [5, 5.41) is 16.2. The number of hydrogen-bond donors (Lipinski definition) is 2. The number of nitrogens with one attached hydrogen (secondary N) is 2. The number of benzene rings is 2. The first kappa shape index (κ1) is 17.2. The number of carbonyl (C=O) groups is 1. The van der Waals surface area contributed by atoms with Crippen LogP contribution in [0.3, 0.4) is 0 Å². The van der Waals surface area contributed by atoms with Crippen molar-refractivity contribution in [3.8, 4) is 6.07 Å². The van der Waals surface area contributed by atoms with Crippen LogP contribution < -0.4 is 10.6 Å². The molecule has 4 aromatic rings. The van der Waals surface area contributed by atoms with Gasteiger partial charge < -0.3 is 10.6 Å². The van der Waals surface area contributed by atoms with E-state index in [1.165, 1.54) is 6.20 Å². The van der Waals surface area contributed by atoms with Crippen LogP contribution in [-0.4, -0.2) is 15.9 Å². The molecular weight excluding hydrogens is 350 g/mol. The van der Waals surface area contributed by atoms with Gasteiger partial charge >= 0.3 is 0 Å². The number of rotatable bonds is 4. The quantitative estimate of drug-likeness (QED) is 0.556. The highest BCUT2D eigenvalue weighted by Gasteiger charge is 2.11. The molecule has 2 heterocycles. The fourth-order valence-corrected chi connectivity index (χ4v) is 2.88. The maximum absolute atomic E-state index is 12.6. The van der Waals surface area contributed by atoms with Gasteiger partial charge in [-0.15, -0.1) is 0 Å². The van der Waals surface area contributed by atoms with Crippen LogP contribution in [0.15, 0.2) is 79.3 Å². The number of carbonyl (C=O) groups excluding carboxylic acids is 1. The minimum absolute atomic E-state index is 0.338. The number of nitrogens with zero attached hydrogens (tertiary/aromatic N) is 3. The summed E-state index contributed by atoms with van der Waals surface area (Å²) in [5.41, 5.74) is 3.58. The van der Waals surface area contributed by atoms with E-state index < -0.39 is 0 Å². The first-order chi connectivity index (χ1) is 13.7. The largest absolute Gasteiger partial charge is 0.352 e. The normalized spacial score (nSPS) is 10.2. The minimum Gasteiger partial charge on any atom is -0.352 e. The Bertz CT molecular complexity index is 1210. The summed E-state index contributed by atoms with van der Waals surface area (Å²) < 4.78 is 0. The number of nitriles is 1. The van der Waals surface area contributed by atoms with Crippen molar-refractivity contribution in [2.45, 2.75) is 0 Å². The number of pyridine rings is 2. The third-order valence-electron chi connectivity index (χ3n) is 4.21. The Kier molecular flexibility index (Phi) is 4.64. The molecule has 2 aromatic carbocycles. The summed E-state index contributed by atoms with van der Waals surface area (Å²) in [4.78, 5) is 21.2. The van der Waals surface area contributed by atoms with E-state index in [1.54, 1.807) is 42.7 Å². The van der Waals surface area contributed by atoms with Crippen LogP contribution in [0.4, 0.5) is 17.1 Å². The van der Waals surface area contributed by atoms with Gasteiger partial charge in [-0.1, -0.05) is 30.3 Å². The molecule has 2 aromatic heterocycles. The maximum atomic E-state index is 12.6. The predicted molar refractivity (Wildman–Crippen MR) is 108 cm³/mol. The summed E-state index contributed by atoms with van der Waals surface area (Å²) in [7, 11) is 0. The Balaban J connectivity index is 1.59. The topological polar surface area (TPSA) is 90.7 Å².